The van der Waals surface area contributed by atoms with E-state index in [4.69, 9.17) is 4.74 Å². The highest BCUT2D eigenvalue weighted by Gasteiger charge is 2.25. The highest BCUT2D eigenvalue weighted by atomic mass is 16.5. The SMILES string of the molecule is CCOc1ccc(C(=O)N2CCN(C(=O)c3cccc(NC(C)=O)c3)CC2)cc1. The molecule has 1 N–H and O–H groups in total. The number of hydrogen-bond donors (Lipinski definition) is 1. The Hall–Kier alpha value is -3.35. The van der Waals surface area contributed by atoms with Gasteiger partial charge in [-0.25, -0.2) is 0 Å². The van der Waals surface area contributed by atoms with Gasteiger partial charge in [0, 0.05) is 49.9 Å². The predicted molar refractivity (Wildman–Crippen MR) is 110 cm³/mol. The second-order valence-corrected chi connectivity index (χ2v) is 6.80. The van der Waals surface area contributed by atoms with Gasteiger partial charge in [-0.1, -0.05) is 6.07 Å². The van der Waals surface area contributed by atoms with Crippen molar-refractivity contribution in [2.45, 2.75) is 13.8 Å². The Morgan fingerprint density at radius 3 is 2.03 bits per heavy atom. The van der Waals surface area contributed by atoms with Gasteiger partial charge in [0.1, 0.15) is 5.75 Å². The smallest absolute Gasteiger partial charge is 0.254 e. The summed E-state index contributed by atoms with van der Waals surface area (Å²) in [6.45, 7) is 5.80. The number of amides is 3. The quantitative estimate of drug-likeness (QED) is 0.844. The van der Waals surface area contributed by atoms with E-state index in [1.165, 1.54) is 6.92 Å². The van der Waals surface area contributed by atoms with E-state index in [-0.39, 0.29) is 17.7 Å². The lowest BCUT2D eigenvalue weighted by atomic mass is 10.1. The van der Waals surface area contributed by atoms with E-state index < -0.39 is 0 Å². The van der Waals surface area contributed by atoms with Crippen molar-refractivity contribution in [2.24, 2.45) is 0 Å². The van der Waals surface area contributed by atoms with E-state index in [1.807, 2.05) is 6.92 Å². The Balaban J connectivity index is 1.59. The van der Waals surface area contributed by atoms with Gasteiger partial charge in [-0.05, 0) is 49.4 Å². The third-order valence-corrected chi connectivity index (χ3v) is 4.70. The van der Waals surface area contributed by atoms with Crippen LogP contribution in [0.15, 0.2) is 48.5 Å². The third-order valence-electron chi connectivity index (χ3n) is 4.70. The van der Waals surface area contributed by atoms with Gasteiger partial charge in [0.05, 0.1) is 6.61 Å². The fraction of sp³-hybridized carbons (Fsp3) is 0.318. The zero-order valence-electron chi connectivity index (χ0n) is 16.7. The van der Waals surface area contributed by atoms with Gasteiger partial charge >= 0.3 is 0 Å². The minimum absolute atomic E-state index is 0.0483. The number of anilines is 1. The maximum absolute atomic E-state index is 12.8. The van der Waals surface area contributed by atoms with Crippen LogP contribution in [0.4, 0.5) is 5.69 Å². The fourth-order valence-electron chi connectivity index (χ4n) is 3.27. The van der Waals surface area contributed by atoms with E-state index in [1.54, 1.807) is 58.3 Å². The molecule has 152 valence electrons. The number of rotatable bonds is 5. The molecule has 0 aliphatic carbocycles. The summed E-state index contributed by atoms with van der Waals surface area (Å²) in [7, 11) is 0. The van der Waals surface area contributed by atoms with E-state index in [2.05, 4.69) is 5.32 Å². The summed E-state index contributed by atoms with van der Waals surface area (Å²) < 4.78 is 5.41. The standard InChI is InChI=1S/C22H25N3O4/c1-3-29-20-9-7-17(8-10-20)21(27)24-11-13-25(14-12-24)22(28)18-5-4-6-19(15-18)23-16(2)26/h4-10,15H,3,11-14H2,1-2H3,(H,23,26). The molecule has 3 rings (SSSR count). The van der Waals surface area contributed by atoms with Crippen molar-refractivity contribution in [3.8, 4) is 5.75 Å². The number of benzene rings is 2. The predicted octanol–water partition coefficient (Wildman–Crippen LogP) is 2.64. The molecule has 0 saturated carbocycles. The van der Waals surface area contributed by atoms with Crippen LogP contribution in [0.2, 0.25) is 0 Å². The third kappa shape index (κ3) is 5.13. The molecule has 1 heterocycles. The average molecular weight is 395 g/mol. The number of piperazine rings is 1. The Bertz CT molecular complexity index is 887. The Morgan fingerprint density at radius 1 is 0.897 bits per heavy atom. The molecule has 7 nitrogen and oxygen atoms in total. The van der Waals surface area contributed by atoms with E-state index in [9.17, 15) is 14.4 Å². The zero-order chi connectivity index (χ0) is 20.8. The average Bonchev–Trinajstić information content (AvgIpc) is 2.73. The summed E-state index contributed by atoms with van der Waals surface area (Å²) in [6, 6.07) is 14.0. The number of nitrogens with one attached hydrogen (secondary N) is 1. The van der Waals surface area contributed by atoms with Crippen LogP contribution in [0.25, 0.3) is 0 Å². The first-order chi connectivity index (χ1) is 14.0. The lowest BCUT2D eigenvalue weighted by Crippen LogP contribution is -2.50. The summed E-state index contributed by atoms with van der Waals surface area (Å²) >= 11 is 0. The Kier molecular flexibility index (Phi) is 6.49. The molecule has 2 aromatic carbocycles. The minimum atomic E-state index is -0.184. The molecule has 0 unspecified atom stereocenters. The summed E-state index contributed by atoms with van der Waals surface area (Å²) in [6.07, 6.45) is 0. The maximum atomic E-state index is 12.8. The van der Waals surface area contributed by atoms with Crippen LogP contribution in [0.5, 0.6) is 5.75 Å². The molecule has 0 spiro atoms. The molecule has 1 aliphatic rings. The number of ether oxygens (including phenoxy) is 1. The monoisotopic (exact) mass is 395 g/mol. The van der Waals surface area contributed by atoms with Gasteiger partial charge in [0.15, 0.2) is 0 Å². The van der Waals surface area contributed by atoms with Crippen LogP contribution < -0.4 is 10.1 Å². The highest BCUT2D eigenvalue weighted by Crippen LogP contribution is 2.17. The van der Waals surface area contributed by atoms with Crippen LogP contribution in [0, 0.1) is 0 Å². The molecule has 1 saturated heterocycles. The summed E-state index contributed by atoms with van der Waals surface area (Å²) in [5.41, 5.74) is 1.71. The minimum Gasteiger partial charge on any atom is -0.494 e. The van der Waals surface area contributed by atoms with Gasteiger partial charge in [-0.15, -0.1) is 0 Å². The van der Waals surface area contributed by atoms with E-state index in [0.717, 1.165) is 5.75 Å². The Labute approximate surface area is 170 Å². The first-order valence-corrected chi connectivity index (χ1v) is 9.67. The molecule has 3 amide bonds. The van der Waals surface area contributed by atoms with E-state index in [0.29, 0.717) is 49.6 Å². The molecule has 0 radical (unpaired) electrons. The molecule has 7 heteroatoms. The Morgan fingerprint density at radius 2 is 1.48 bits per heavy atom. The molecule has 2 aromatic rings. The second-order valence-electron chi connectivity index (χ2n) is 6.80. The first kappa shape index (κ1) is 20.4. The first-order valence-electron chi connectivity index (χ1n) is 9.67. The van der Waals surface area contributed by atoms with E-state index >= 15 is 0 Å². The normalized spacial score (nSPS) is 13.7. The van der Waals surface area contributed by atoms with Crippen molar-refractivity contribution in [3.63, 3.8) is 0 Å². The fourth-order valence-corrected chi connectivity index (χ4v) is 3.27. The molecule has 0 bridgehead atoms. The topological polar surface area (TPSA) is 79.0 Å². The molecule has 1 aliphatic heterocycles. The van der Waals surface area contributed by atoms with Crippen LogP contribution in [-0.2, 0) is 4.79 Å². The lowest BCUT2D eigenvalue weighted by Gasteiger charge is -2.35. The van der Waals surface area contributed by atoms with Crippen molar-refractivity contribution < 1.29 is 19.1 Å². The van der Waals surface area contributed by atoms with Crippen molar-refractivity contribution in [1.29, 1.82) is 0 Å². The highest BCUT2D eigenvalue weighted by molar-refractivity contribution is 5.97. The van der Waals surface area contributed by atoms with Crippen molar-refractivity contribution in [1.82, 2.24) is 9.80 Å². The van der Waals surface area contributed by atoms with Crippen LogP contribution >= 0.6 is 0 Å². The maximum Gasteiger partial charge on any atom is 0.254 e. The van der Waals surface area contributed by atoms with Gasteiger partial charge in [-0.2, -0.15) is 0 Å². The second kappa shape index (κ2) is 9.23. The van der Waals surface area contributed by atoms with Gasteiger partial charge in [0.2, 0.25) is 5.91 Å². The van der Waals surface area contributed by atoms with Gasteiger partial charge < -0.3 is 19.9 Å². The van der Waals surface area contributed by atoms with Crippen LogP contribution in [0.3, 0.4) is 0 Å². The zero-order valence-corrected chi connectivity index (χ0v) is 16.7. The molecule has 0 atom stereocenters. The summed E-state index contributed by atoms with van der Waals surface area (Å²) in [5, 5.41) is 2.68. The van der Waals surface area contributed by atoms with Crippen molar-refractivity contribution >= 4 is 23.4 Å². The molecule has 1 fully saturated rings. The lowest BCUT2D eigenvalue weighted by molar-refractivity contribution is -0.114. The number of carbonyl (C=O) groups excluding carboxylic acids is 3. The summed E-state index contributed by atoms with van der Waals surface area (Å²) in [5.74, 6) is 0.398. The van der Waals surface area contributed by atoms with Crippen LogP contribution in [-0.4, -0.2) is 60.3 Å². The van der Waals surface area contributed by atoms with Crippen molar-refractivity contribution in [2.75, 3.05) is 38.1 Å². The number of nitrogens with zero attached hydrogens (tertiary/aromatic N) is 2. The molecule has 29 heavy (non-hydrogen) atoms. The number of carbonyl (C=O) groups is 3. The van der Waals surface area contributed by atoms with Crippen molar-refractivity contribution in [3.05, 3.63) is 59.7 Å². The molecular formula is C22H25N3O4. The number of hydrogen-bond acceptors (Lipinski definition) is 4. The molecule has 0 aromatic heterocycles. The largest absolute Gasteiger partial charge is 0.494 e. The van der Waals surface area contributed by atoms with Crippen LogP contribution in [0.1, 0.15) is 34.6 Å². The summed E-state index contributed by atoms with van der Waals surface area (Å²) in [4.78, 5) is 40.2. The van der Waals surface area contributed by atoms with Gasteiger partial charge in [0.25, 0.3) is 11.8 Å². The van der Waals surface area contributed by atoms with Gasteiger partial charge in [-0.3, -0.25) is 14.4 Å². The molecular weight excluding hydrogens is 370 g/mol.